The van der Waals surface area contributed by atoms with Crippen LogP contribution in [-0.4, -0.2) is 14.5 Å². The largest absolute Gasteiger partial charge is 0.342 e. The van der Waals surface area contributed by atoms with Crippen molar-refractivity contribution in [1.29, 1.82) is 10.5 Å². The van der Waals surface area contributed by atoms with Gasteiger partial charge in [0.25, 0.3) is 0 Å². The number of pyridine rings is 2. The molecule has 0 fully saturated rings. The number of aromatic nitrogens is 4. The van der Waals surface area contributed by atoms with Crippen molar-refractivity contribution in [2.24, 2.45) is 7.05 Å². The fourth-order valence-corrected chi connectivity index (χ4v) is 6.20. The van der Waals surface area contributed by atoms with E-state index in [4.69, 9.17) is 28.4 Å². The summed E-state index contributed by atoms with van der Waals surface area (Å²) in [7, 11) is 2.00. The van der Waals surface area contributed by atoms with E-state index in [0.717, 1.165) is 59.4 Å². The number of benzene rings is 4. The zero-order chi connectivity index (χ0) is 38.0. The Morgan fingerprint density at radius 3 is 2.04 bits per heavy atom. The summed E-state index contributed by atoms with van der Waals surface area (Å²) >= 11 is 0. The Kier molecular flexibility index (Phi) is 13.2. The van der Waals surface area contributed by atoms with Crippen molar-refractivity contribution >= 4 is 22.4 Å². The van der Waals surface area contributed by atoms with Gasteiger partial charge in [-0.1, -0.05) is 70.9 Å². The molecule has 0 atom stereocenters. The summed E-state index contributed by atoms with van der Waals surface area (Å²) in [5.41, 5.74) is 11.5. The van der Waals surface area contributed by atoms with Crippen molar-refractivity contribution in [2.75, 3.05) is 0 Å². The average Bonchev–Trinajstić information content (AvgIpc) is 3.55. The number of rotatable bonds is 8. The molecule has 0 aliphatic heterocycles. The topological polar surface area (TPSA) is 90.9 Å². The van der Waals surface area contributed by atoms with Gasteiger partial charge in [-0.3, -0.25) is 0 Å². The molecule has 0 saturated heterocycles. The van der Waals surface area contributed by atoms with Crippen LogP contribution in [0.5, 0.6) is 0 Å². The fourth-order valence-electron chi connectivity index (χ4n) is 6.20. The quantitative estimate of drug-likeness (QED) is 0.0864. The van der Waals surface area contributed by atoms with Crippen molar-refractivity contribution < 1.29 is 24.7 Å². The maximum atomic E-state index is 9.55. The molecule has 3 aromatic heterocycles. The van der Waals surface area contributed by atoms with Crippen LogP contribution < -0.4 is 4.57 Å². The van der Waals surface area contributed by atoms with Gasteiger partial charge in [0.1, 0.15) is 6.57 Å². The van der Waals surface area contributed by atoms with Crippen LogP contribution in [0.25, 0.3) is 48.9 Å². The Morgan fingerprint density at radius 1 is 0.764 bits per heavy atom. The van der Waals surface area contributed by atoms with Gasteiger partial charge in [-0.25, -0.2) is 15.4 Å². The van der Waals surface area contributed by atoms with Crippen LogP contribution in [0.1, 0.15) is 46.5 Å². The Labute approximate surface area is 335 Å². The number of hydrogen-bond donors (Lipinski definition) is 0. The van der Waals surface area contributed by atoms with Crippen LogP contribution in [-0.2, 0) is 40.0 Å². The van der Waals surface area contributed by atoms with Crippen LogP contribution in [0.4, 0.5) is 11.4 Å². The van der Waals surface area contributed by atoms with E-state index in [2.05, 4.69) is 70.6 Å². The number of para-hydroxylation sites is 3. The molecule has 55 heavy (non-hydrogen) atoms. The van der Waals surface area contributed by atoms with Gasteiger partial charge in [-0.15, -0.1) is 23.8 Å². The predicted molar refractivity (Wildman–Crippen MR) is 207 cm³/mol. The second-order valence-corrected chi connectivity index (χ2v) is 12.7. The Morgan fingerprint density at radius 2 is 1.42 bits per heavy atom. The molecular formula is C46H33IrN8-3. The molecule has 0 bridgehead atoms. The van der Waals surface area contributed by atoms with Gasteiger partial charge < -0.3 is 19.1 Å². The van der Waals surface area contributed by atoms with E-state index in [1.54, 1.807) is 24.3 Å². The van der Waals surface area contributed by atoms with Gasteiger partial charge in [0.2, 0.25) is 12.0 Å². The van der Waals surface area contributed by atoms with Crippen LogP contribution >= 0.6 is 0 Å². The van der Waals surface area contributed by atoms with Gasteiger partial charge in [0.05, 0.1) is 24.7 Å². The molecule has 9 heteroatoms. The van der Waals surface area contributed by atoms with E-state index < -0.39 is 0 Å². The average molecular weight is 890 g/mol. The van der Waals surface area contributed by atoms with Crippen LogP contribution in [0.15, 0.2) is 97.1 Å². The summed E-state index contributed by atoms with van der Waals surface area (Å²) in [5, 5.41) is 18.7. The maximum absolute atomic E-state index is 9.55. The Balaban J connectivity index is 0.000000283. The Hall–Kier alpha value is -6.74. The first-order valence-electron chi connectivity index (χ1n) is 17.3. The summed E-state index contributed by atoms with van der Waals surface area (Å²) < 4.78 is 4.02. The third-order valence-corrected chi connectivity index (χ3v) is 8.69. The van der Waals surface area contributed by atoms with Crippen molar-refractivity contribution in [2.45, 2.75) is 39.5 Å². The summed E-state index contributed by atoms with van der Waals surface area (Å²) in [6.45, 7) is 18.7. The van der Waals surface area contributed by atoms with E-state index in [1.807, 2.05) is 78.6 Å². The minimum Gasteiger partial charge on any atom is -0.342 e. The van der Waals surface area contributed by atoms with Crippen LogP contribution in [0.2, 0.25) is 0 Å². The van der Waals surface area contributed by atoms with Crippen molar-refractivity contribution in [3.05, 3.63) is 178 Å². The standard InChI is InChI=1S/C32H22N6.C14H11N2.Ir/c1-21-13-26(37-31(15-21)28-12-10-25(35-3)18-24(28)20-34)7-5-6-8-27-14-22(2)16-32(38-27)29-11-9-23(19-33)17-30(29)36-4;1-15-11-16(12-7-3-2-4-8-12)14-10-6-5-9-13(14)15;/h9-10,13-18H,5-8H2,1-2H3;2-7,9-10H,1H3;/q-2;-1;. The fraction of sp³-hybridized carbons (Fsp3) is 0.152. The number of imidazole rings is 1. The van der Waals surface area contributed by atoms with E-state index in [0.29, 0.717) is 45.0 Å². The molecule has 269 valence electrons. The van der Waals surface area contributed by atoms with Gasteiger partial charge in [0.15, 0.2) is 5.69 Å². The molecule has 0 aliphatic rings. The molecule has 0 saturated carbocycles. The van der Waals surface area contributed by atoms with E-state index in [9.17, 15) is 5.26 Å². The van der Waals surface area contributed by atoms with Gasteiger partial charge in [-0.05, 0) is 80.2 Å². The first-order valence-corrected chi connectivity index (χ1v) is 17.3. The van der Waals surface area contributed by atoms with Gasteiger partial charge in [0, 0.05) is 43.6 Å². The van der Waals surface area contributed by atoms with Crippen LogP contribution in [0.3, 0.4) is 0 Å². The first-order chi connectivity index (χ1) is 26.3. The predicted octanol–water partition coefficient (Wildman–Crippen LogP) is 9.49. The molecule has 0 amide bonds. The minimum atomic E-state index is 0. The van der Waals surface area contributed by atoms with Crippen molar-refractivity contribution in [1.82, 2.24) is 14.5 Å². The molecule has 4 aromatic carbocycles. The number of fused-ring (bicyclic) bond motifs is 1. The molecule has 0 N–H and O–H groups in total. The zero-order valence-corrected chi connectivity index (χ0v) is 32.9. The molecule has 7 rings (SSSR count). The van der Waals surface area contributed by atoms with Gasteiger partial charge in [-0.2, -0.15) is 35.2 Å². The molecule has 0 aliphatic carbocycles. The molecule has 0 unspecified atom stereocenters. The molecule has 8 nitrogen and oxygen atoms in total. The van der Waals surface area contributed by atoms with Crippen molar-refractivity contribution in [3.63, 3.8) is 0 Å². The summed E-state index contributed by atoms with van der Waals surface area (Å²) in [6, 6.07) is 44.0. The second kappa shape index (κ2) is 18.3. The van der Waals surface area contributed by atoms with Crippen molar-refractivity contribution in [3.8, 4) is 40.3 Å². The molecule has 1 radical (unpaired) electrons. The number of nitriles is 2. The third kappa shape index (κ3) is 9.44. The SMILES string of the molecule is C[n+]1[c-]n(-c2[c-]cccc2)c2ccccc21.[C-]#[N+]c1c[c-]c(-c2cc(C)cc(CCCCc3cc(C)cc(-c4[c-]cc(C#N)cc4[N+]#[C-])n3)n2)c(C#N)c1.[Ir]. The molecule has 0 spiro atoms. The summed E-state index contributed by atoms with van der Waals surface area (Å²) in [6.07, 6.45) is 6.64. The molecular weight excluding hydrogens is 857 g/mol. The van der Waals surface area contributed by atoms with Crippen LogP contribution in [0, 0.1) is 74.2 Å². The zero-order valence-electron chi connectivity index (χ0n) is 30.5. The smallest absolute Gasteiger partial charge is 0.242 e. The Bertz CT molecular complexity index is 2520. The third-order valence-electron chi connectivity index (χ3n) is 8.69. The molecule has 7 aromatic rings. The van der Waals surface area contributed by atoms with E-state index in [-0.39, 0.29) is 20.1 Å². The van der Waals surface area contributed by atoms with Gasteiger partial charge >= 0.3 is 0 Å². The monoisotopic (exact) mass is 890 g/mol. The summed E-state index contributed by atoms with van der Waals surface area (Å²) in [4.78, 5) is 16.5. The number of aryl methyl sites for hydroxylation is 5. The second-order valence-electron chi connectivity index (χ2n) is 12.7. The number of unbranched alkanes of at least 4 members (excludes halogenated alkanes) is 1. The first kappa shape index (κ1) is 39.5. The molecule has 3 heterocycles. The van der Waals surface area contributed by atoms with E-state index >= 15 is 0 Å². The number of nitrogens with zero attached hydrogens (tertiary/aromatic N) is 8. The summed E-state index contributed by atoms with van der Waals surface area (Å²) in [5.74, 6) is 0. The normalized spacial score (nSPS) is 10.2. The minimum absolute atomic E-state index is 0. The number of hydrogen-bond acceptors (Lipinski definition) is 4. The van der Waals surface area contributed by atoms with E-state index in [1.165, 1.54) is 5.52 Å². The maximum Gasteiger partial charge on any atom is 0.242 e.